The molecule has 0 saturated carbocycles. The molecule has 7 heteroatoms. The zero-order chi connectivity index (χ0) is 13.9. The molecule has 0 fully saturated rings. The fourth-order valence-corrected chi connectivity index (χ4v) is 1.33. The maximum absolute atomic E-state index is 11.8. The van der Waals surface area contributed by atoms with Gasteiger partial charge in [0.2, 0.25) is 5.78 Å². The molecule has 96 valence electrons. The minimum absolute atomic E-state index is 0.220. The lowest BCUT2D eigenvalue weighted by Crippen LogP contribution is -2.58. The molecule has 0 saturated heterocycles. The van der Waals surface area contributed by atoms with Gasteiger partial charge in [0.15, 0.2) is 6.10 Å². The van der Waals surface area contributed by atoms with Crippen LogP contribution in [0.4, 0.5) is 0 Å². The summed E-state index contributed by atoms with van der Waals surface area (Å²) in [5.41, 5.74) is -3.64. The van der Waals surface area contributed by atoms with Crippen LogP contribution < -0.4 is 0 Å². The van der Waals surface area contributed by atoms with Crippen molar-refractivity contribution in [3.8, 4) is 0 Å². The minimum Gasteiger partial charge on any atom is -0.479 e. The fraction of sp³-hybridized carbons (Fsp3) is 0.182. The van der Waals surface area contributed by atoms with Gasteiger partial charge in [0.1, 0.15) is 0 Å². The van der Waals surface area contributed by atoms with Gasteiger partial charge in [0.05, 0.1) is 0 Å². The number of carbonyl (C=O) groups excluding carboxylic acids is 1. The maximum atomic E-state index is 11.8. The molecule has 0 radical (unpaired) electrons. The molecule has 18 heavy (non-hydrogen) atoms. The van der Waals surface area contributed by atoms with Gasteiger partial charge < -0.3 is 20.4 Å². The molecular weight excluding hydrogens is 244 g/mol. The molecule has 0 amide bonds. The largest absolute Gasteiger partial charge is 0.479 e. The van der Waals surface area contributed by atoms with E-state index in [4.69, 9.17) is 10.2 Å². The molecule has 1 rings (SSSR count). The normalized spacial score (nSPS) is 15.4. The maximum Gasteiger partial charge on any atom is 0.347 e. The van der Waals surface area contributed by atoms with Crippen LogP contribution in [0.15, 0.2) is 30.3 Å². The zero-order valence-corrected chi connectivity index (χ0v) is 8.98. The van der Waals surface area contributed by atoms with Crippen LogP contribution in [0, 0.1) is 0 Å². The predicted molar refractivity (Wildman–Crippen MR) is 57.0 cm³/mol. The third kappa shape index (κ3) is 2.22. The number of Topliss-reactive ketones (excluding diaryl/α,β-unsaturated/α-hetero) is 1. The van der Waals surface area contributed by atoms with Gasteiger partial charge in [-0.15, -0.1) is 0 Å². The first-order valence-corrected chi connectivity index (χ1v) is 4.78. The van der Waals surface area contributed by atoms with Crippen molar-refractivity contribution >= 4 is 17.7 Å². The molecule has 1 aromatic carbocycles. The Morgan fingerprint density at radius 2 is 1.56 bits per heavy atom. The van der Waals surface area contributed by atoms with Gasteiger partial charge in [-0.2, -0.15) is 0 Å². The third-order valence-electron chi connectivity index (χ3n) is 2.34. The van der Waals surface area contributed by atoms with E-state index in [-0.39, 0.29) is 5.56 Å². The average Bonchev–Trinajstić information content (AvgIpc) is 2.36. The van der Waals surface area contributed by atoms with E-state index in [2.05, 4.69) is 0 Å². The number of benzene rings is 1. The SMILES string of the molecule is O=C(O)[C@H](O)[C@@](O)(C(=O)O)C(=O)c1ccccc1. The number of carbonyl (C=O) groups is 3. The second-order valence-electron chi connectivity index (χ2n) is 3.51. The van der Waals surface area contributed by atoms with Gasteiger partial charge in [0, 0.05) is 5.56 Å². The standard InChI is InChI=1S/C11H10O7/c12-7(6-4-2-1-3-5-6)11(18,10(16)17)8(13)9(14)15/h1-5,8,13,18H,(H,14,15)(H,16,17)/t8-,11+/m0/s1. The highest BCUT2D eigenvalue weighted by atomic mass is 16.4. The minimum atomic E-state index is -3.42. The lowest BCUT2D eigenvalue weighted by atomic mass is 9.87. The van der Waals surface area contributed by atoms with E-state index in [1.54, 1.807) is 6.07 Å². The molecule has 0 aliphatic heterocycles. The van der Waals surface area contributed by atoms with Gasteiger partial charge in [-0.25, -0.2) is 9.59 Å². The van der Waals surface area contributed by atoms with E-state index in [1.807, 2.05) is 0 Å². The van der Waals surface area contributed by atoms with Crippen molar-refractivity contribution in [2.45, 2.75) is 11.7 Å². The number of carboxylic acid groups (broad SMARTS) is 2. The summed E-state index contributed by atoms with van der Waals surface area (Å²) in [4.78, 5) is 33.2. The molecular formula is C11H10O7. The number of hydrogen-bond acceptors (Lipinski definition) is 5. The Kier molecular flexibility index (Phi) is 3.79. The average molecular weight is 254 g/mol. The Balaban J connectivity index is 3.26. The van der Waals surface area contributed by atoms with Gasteiger partial charge in [-0.3, -0.25) is 4.79 Å². The fourth-order valence-electron chi connectivity index (χ4n) is 1.33. The topological polar surface area (TPSA) is 132 Å². The highest BCUT2D eigenvalue weighted by Gasteiger charge is 2.54. The summed E-state index contributed by atoms with van der Waals surface area (Å²) in [5.74, 6) is -5.54. The Morgan fingerprint density at radius 3 is 1.94 bits per heavy atom. The van der Waals surface area contributed by atoms with Crippen LogP contribution in [0.3, 0.4) is 0 Å². The van der Waals surface area contributed by atoms with E-state index in [9.17, 15) is 24.6 Å². The quantitative estimate of drug-likeness (QED) is 0.396. The lowest BCUT2D eigenvalue weighted by Gasteiger charge is -2.24. The summed E-state index contributed by atoms with van der Waals surface area (Å²) in [6.45, 7) is 0. The predicted octanol–water partition coefficient (Wildman–Crippen LogP) is -0.869. The highest BCUT2D eigenvalue weighted by molar-refractivity contribution is 6.17. The Hall–Kier alpha value is -2.25. The van der Waals surface area contributed by atoms with Crippen LogP contribution in [0.1, 0.15) is 10.4 Å². The molecule has 0 aromatic heterocycles. The molecule has 0 bridgehead atoms. The Morgan fingerprint density at radius 1 is 1.06 bits per heavy atom. The number of ketones is 1. The first kappa shape index (κ1) is 13.8. The van der Waals surface area contributed by atoms with E-state index >= 15 is 0 Å². The monoisotopic (exact) mass is 254 g/mol. The molecule has 0 heterocycles. The van der Waals surface area contributed by atoms with E-state index in [1.165, 1.54) is 24.3 Å². The van der Waals surface area contributed by atoms with Gasteiger partial charge in [-0.1, -0.05) is 30.3 Å². The summed E-state index contributed by atoms with van der Waals surface area (Å²) in [7, 11) is 0. The van der Waals surface area contributed by atoms with Crippen molar-refractivity contribution in [3.05, 3.63) is 35.9 Å². The van der Waals surface area contributed by atoms with Crippen LogP contribution in [-0.2, 0) is 9.59 Å². The number of aliphatic carboxylic acids is 2. The van der Waals surface area contributed by atoms with Gasteiger partial charge >= 0.3 is 11.9 Å². The Labute approximate surface area is 101 Å². The number of rotatable bonds is 5. The molecule has 4 N–H and O–H groups in total. The third-order valence-corrected chi connectivity index (χ3v) is 2.34. The van der Waals surface area contributed by atoms with Crippen molar-refractivity contribution in [2.75, 3.05) is 0 Å². The first-order valence-electron chi connectivity index (χ1n) is 4.78. The smallest absolute Gasteiger partial charge is 0.347 e. The van der Waals surface area contributed by atoms with E-state index in [0.29, 0.717) is 0 Å². The van der Waals surface area contributed by atoms with Crippen LogP contribution >= 0.6 is 0 Å². The molecule has 1 aromatic rings. The van der Waals surface area contributed by atoms with Crippen molar-refractivity contribution in [3.63, 3.8) is 0 Å². The molecule has 7 nitrogen and oxygen atoms in total. The highest BCUT2D eigenvalue weighted by Crippen LogP contribution is 2.19. The second-order valence-corrected chi connectivity index (χ2v) is 3.51. The van der Waals surface area contributed by atoms with E-state index in [0.717, 1.165) is 0 Å². The van der Waals surface area contributed by atoms with Gasteiger partial charge in [0.25, 0.3) is 5.60 Å². The number of aliphatic hydroxyl groups excluding tert-OH is 1. The summed E-state index contributed by atoms with van der Waals surface area (Å²) >= 11 is 0. The summed E-state index contributed by atoms with van der Waals surface area (Å²) in [5, 5.41) is 36.2. The Bertz CT molecular complexity index is 481. The van der Waals surface area contributed by atoms with Gasteiger partial charge in [-0.05, 0) is 0 Å². The summed E-state index contributed by atoms with van der Waals surface area (Å²) in [6.07, 6.45) is -2.76. The number of hydrogen-bond donors (Lipinski definition) is 4. The molecule has 0 unspecified atom stereocenters. The lowest BCUT2D eigenvalue weighted by molar-refractivity contribution is -0.175. The van der Waals surface area contributed by atoms with Crippen LogP contribution in [0.5, 0.6) is 0 Å². The summed E-state index contributed by atoms with van der Waals surface area (Å²) in [6, 6.07) is 6.76. The van der Waals surface area contributed by atoms with Crippen molar-refractivity contribution < 1.29 is 34.8 Å². The molecule has 2 atom stereocenters. The van der Waals surface area contributed by atoms with Crippen LogP contribution in [0.2, 0.25) is 0 Å². The van der Waals surface area contributed by atoms with Crippen LogP contribution in [-0.4, -0.2) is 49.9 Å². The van der Waals surface area contributed by atoms with E-state index < -0.39 is 29.4 Å². The van der Waals surface area contributed by atoms with Crippen molar-refractivity contribution in [1.29, 1.82) is 0 Å². The molecule has 0 spiro atoms. The van der Waals surface area contributed by atoms with Crippen molar-refractivity contribution in [2.24, 2.45) is 0 Å². The van der Waals surface area contributed by atoms with Crippen LogP contribution in [0.25, 0.3) is 0 Å². The summed E-state index contributed by atoms with van der Waals surface area (Å²) < 4.78 is 0. The number of carboxylic acids is 2. The second kappa shape index (κ2) is 4.94. The molecule has 0 aliphatic carbocycles. The number of aliphatic hydroxyl groups is 2. The zero-order valence-electron chi connectivity index (χ0n) is 8.98. The van der Waals surface area contributed by atoms with Crippen molar-refractivity contribution in [1.82, 2.24) is 0 Å². The first-order chi connectivity index (χ1) is 8.31. The molecule has 0 aliphatic rings.